The smallest absolute Gasteiger partial charge is 0.0839 e. The van der Waals surface area contributed by atoms with Crippen molar-refractivity contribution in [2.24, 2.45) is 0 Å². The molecule has 0 rings (SSSR count). The Kier molecular flexibility index (Phi) is 6.78. The van der Waals surface area contributed by atoms with Gasteiger partial charge in [0.2, 0.25) is 0 Å². The maximum Gasteiger partial charge on any atom is 0.0839 e. The fourth-order valence-corrected chi connectivity index (χ4v) is 1.27. The van der Waals surface area contributed by atoms with Crippen molar-refractivity contribution in [3.8, 4) is 0 Å². The van der Waals surface area contributed by atoms with Crippen LogP contribution in [0.3, 0.4) is 0 Å². The van der Waals surface area contributed by atoms with Gasteiger partial charge >= 0.3 is 0 Å². The first-order chi connectivity index (χ1) is 4.72. The first-order valence-electron chi connectivity index (χ1n) is 2.65. The lowest BCUT2D eigenvalue weighted by Gasteiger charge is -2.17. The minimum atomic E-state index is -2.16. The van der Waals surface area contributed by atoms with E-state index in [2.05, 4.69) is 5.32 Å². The van der Waals surface area contributed by atoms with Crippen LogP contribution in [0.4, 0.5) is 0 Å². The van der Waals surface area contributed by atoms with Gasteiger partial charge in [0.25, 0.3) is 0 Å². The first kappa shape index (κ1) is 10.7. The fraction of sp³-hybridized carbons (Fsp3) is 1.00. The highest BCUT2D eigenvalue weighted by atomic mass is 35.5. The van der Waals surface area contributed by atoms with Gasteiger partial charge < -0.3 is 9.87 Å². The molecule has 62 valence electrons. The number of alkyl halides is 2. The molecule has 1 N–H and O–H groups in total. The average Bonchev–Trinajstić information content (AvgIpc) is 1.89. The summed E-state index contributed by atoms with van der Waals surface area (Å²) in [6.45, 7) is 0.451. The second-order valence-corrected chi connectivity index (χ2v) is 3.32. The van der Waals surface area contributed by atoms with Gasteiger partial charge in [0, 0.05) is 18.3 Å². The Morgan fingerprint density at radius 3 is 2.50 bits per heavy atom. The molecule has 0 aromatic heterocycles. The van der Waals surface area contributed by atoms with Crippen LogP contribution in [0.1, 0.15) is 0 Å². The highest BCUT2D eigenvalue weighted by Gasteiger charge is 2.04. The van der Waals surface area contributed by atoms with E-state index < -0.39 is 16.5 Å². The molecule has 0 fully saturated rings. The molecule has 3 nitrogen and oxygen atoms in total. The van der Waals surface area contributed by atoms with E-state index in [-0.39, 0.29) is 5.88 Å². The minimum absolute atomic E-state index is 0.0486. The van der Waals surface area contributed by atoms with E-state index in [1.54, 1.807) is 0 Å². The zero-order valence-electron chi connectivity index (χ0n) is 5.18. The topological polar surface area (TPSA) is 52.2 Å². The van der Waals surface area contributed by atoms with Crippen LogP contribution in [-0.2, 0) is 11.1 Å². The van der Waals surface area contributed by atoms with Crippen LogP contribution in [0, 0.1) is 0 Å². The molecular weight excluding hydrogens is 197 g/mol. The maximum absolute atomic E-state index is 10.2. The Labute approximate surface area is 72.4 Å². The Balaban J connectivity index is 3.50. The van der Waals surface area contributed by atoms with Crippen molar-refractivity contribution in [1.82, 2.24) is 5.32 Å². The normalized spacial score (nSPS) is 16.7. The summed E-state index contributed by atoms with van der Waals surface area (Å²) in [6.07, 6.45) is 0. The molecule has 0 saturated heterocycles. The first-order valence-corrected chi connectivity index (χ1v) is 4.86. The zero-order valence-corrected chi connectivity index (χ0v) is 7.51. The summed E-state index contributed by atoms with van der Waals surface area (Å²) in [5.41, 5.74) is 0. The molecule has 0 radical (unpaired) electrons. The second kappa shape index (κ2) is 6.37. The van der Waals surface area contributed by atoms with Crippen LogP contribution in [0.15, 0.2) is 0 Å². The number of hydrogen-bond acceptors (Lipinski definition) is 3. The van der Waals surface area contributed by atoms with Crippen molar-refractivity contribution >= 4 is 34.3 Å². The van der Waals surface area contributed by atoms with Gasteiger partial charge in [0.1, 0.15) is 0 Å². The summed E-state index contributed by atoms with van der Waals surface area (Å²) in [6, 6.07) is 0. The molecule has 0 heterocycles. The summed E-state index contributed by atoms with van der Waals surface area (Å²) >= 11 is 8.44. The summed E-state index contributed by atoms with van der Waals surface area (Å²) < 4.78 is 20.5. The molecule has 0 aliphatic carbocycles. The molecule has 10 heavy (non-hydrogen) atoms. The van der Waals surface area contributed by atoms with Crippen LogP contribution in [0.25, 0.3) is 0 Å². The lowest BCUT2D eigenvalue weighted by atomic mass is 10.6. The van der Waals surface area contributed by atoms with Crippen molar-refractivity contribution in [2.75, 3.05) is 18.3 Å². The van der Waals surface area contributed by atoms with Gasteiger partial charge in [-0.25, -0.2) is 0 Å². The second-order valence-electron chi connectivity index (χ2n) is 1.55. The van der Waals surface area contributed by atoms with Crippen molar-refractivity contribution in [1.29, 1.82) is 0 Å². The van der Waals surface area contributed by atoms with E-state index in [4.69, 9.17) is 23.2 Å². The van der Waals surface area contributed by atoms with Gasteiger partial charge in [-0.15, -0.1) is 23.2 Å². The summed E-state index contributed by atoms with van der Waals surface area (Å²) in [7, 11) is 0. The number of hydrogen-bond donors (Lipinski definition) is 1. The highest BCUT2D eigenvalue weighted by molar-refractivity contribution is 7.79. The van der Waals surface area contributed by atoms with Gasteiger partial charge in [-0.2, -0.15) is 0 Å². The van der Waals surface area contributed by atoms with Gasteiger partial charge in [-0.05, 0) is 11.1 Å². The molecule has 0 saturated carbocycles. The molecule has 0 amide bonds. The summed E-state index contributed by atoms with van der Waals surface area (Å²) in [5.74, 6) is 0.428. The standard InChI is InChI=1S/C4H9Cl2NO2S/c5-1-2-7-4(3-6)10(8)9/h4,7H,1-3H2,(H,8,9)/p-1. The number of rotatable bonds is 5. The Morgan fingerprint density at radius 1 is 1.60 bits per heavy atom. The van der Waals surface area contributed by atoms with E-state index in [0.29, 0.717) is 12.4 Å². The van der Waals surface area contributed by atoms with E-state index in [0.717, 1.165) is 0 Å². The number of halogens is 2. The Bertz CT molecular complexity index is 113. The van der Waals surface area contributed by atoms with Crippen LogP contribution in [0.5, 0.6) is 0 Å². The van der Waals surface area contributed by atoms with Gasteiger partial charge in [-0.1, -0.05) is 0 Å². The fourth-order valence-electron chi connectivity index (χ4n) is 0.390. The molecule has 0 aromatic rings. The van der Waals surface area contributed by atoms with E-state index in [1.165, 1.54) is 0 Å². The van der Waals surface area contributed by atoms with Crippen molar-refractivity contribution in [3.63, 3.8) is 0 Å². The van der Waals surface area contributed by atoms with Crippen LogP contribution >= 0.6 is 23.2 Å². The monoisotopic (exact) mass is 204 g/mol. The summed E-state index contributed by atoms with van der Waals surface area (Å²) in [4.78, 5) is 0. The van der Waals surface area contributed by atoms with E-state index >= 15 is 0 Å². The van der Waals surface area contributed by atoms with Gasteiger partial charge in [-0.3, -0.25) is 4.21 Å². The third-order valence-electron chi connectivity index (χ3n) is 0.839. The summed E-state index contributed by atoms with van der Waals surface area (Å²) in [5, 5.41) is 1.96. The molecular formula is C4H8Cl2NO2S-. The third kappa shape index (κ3) is 4.46. The average molecular weight is 205 g/mol. The zero-order chi connectivity index (χ0) is 7.98. The molecule has 2 atom stereocenters. The van der Waals surface area contributed by atoms with Crippen molar-refractivity contribution in [2.45, 2.75) is 5.37 Å². The molecule has 2 unspecified atom stereocenters. The van der Waals surface area contributed by atoms with Crippen LogP contribution < -0.4 is 5.32 Å². The number of nitrogens with one attached hydrogen (secondary N) is 1. The van der Waals surface area contributed by atoms with Crippen molar-refractivity contribution in [3.05, 3.63) is 0 Å². The predicted molar refractivity (Wildman–Crippen MR) is 42.2 cm³/mol. The van der Waals surface area contributed by atoms with E-state index in [9.17, 15) is 8.76 Å². The van der Waals surface area contributed by atoms with Crippen LogP contribution in [-0.4, -0.2) is 32.4 Å². The maximum atomic E-state index is 10.2. The minimum Gasteiger partial charge on any atom is -0.771 e. The molecule has 0 aromatic carbocycles. The SMILES string of the molecule is O=S([O-])C(CCl)NCCCl. The van der Waals surface area contributed by atoms with Crippen molar-refractivity contribution < 1.29 is 8.76 Å². The predicted octanol–water partition coefficient (Wildman–Crippen LogP) is 0.259. The lowest BCUT2D eigenvalue weighted by Crippen LogP contribution is -2.35. The molecule has 6 heteroatoms. The van der Waals surface area contributed by atoms with Gasteiger partial charge in [0.15, 0.2) is 0 Å². The third-order valence-corrected chi connectivity index (χ3v) is 2.32. The molecule has 0 aliphatic heterocycles. The molecule has 0 spiro atoms. The molecule has 0 aliphatic rings. The van der Waals surface area contributed by atoms with Gasteiger partial charge in [0.05, 0.1) is 5.37 Å². The Hall–Kier alpha value is 0.650. The Morgan fingerprint density at radius 2 is 2.20 bits per heavy atom. The molecule has 0 bridgehead atoms. The van der Waals surface area contributed by atoms with Crippen LogP contribution in [0.2, 0.25) is 0 Å². The largest absolute Gasteiger partial charge is 0.771 e. The quantitative estimate of drug-likeness (QED) is 0.517. The lowest BCUT2D eigenvalue weighted by molar-refractivity contribution is 0.512. The highest BCUT2D eigenvalue weighted by Crippen LogP contribution is 1.91. The van der Waals surface area contributed by atoms with E-state index in [1.807, 2.05) is 0 Å².